The largest absolute Gasteiger partial charge is 0.376 e. The summed E-state index contributed by atoms with van der Waals surface area (Å²) < 4.78 is 5.47. The molecule has 1 atom stereocenters. The Bertz CT molecular complexity index is 417. The molecule has 2 heterocycles. The van der Waals surface area contributed by atoms with Crippen molar-refractivity contribution in [1.29, 1.82) is 0 Å². The lowest BCUT2D eigenvalue weighted by molar-refractivity contribution is 0.0861. The minimum atomic E-state index is -0.0431. The highest BCUT2D eigenvalue weighted by atomic mass is 32.1. The van der Waals surface area contributed by atoms with Crippen molar-refractivity contribution in [3.8, 4) is 0 Å². The molecular weight excluding hydrogens is 248 g/mol. The maximum Gasteiger partial charge on any atom is 0.263 e. The third-order valence-electron chi connectivity index (χ3n) is 2.89. The van der Waals surface area contributed by atoms with Gasteiger partial charge >= 0.3 is 0 Å². The second kappa shape index (κ2) is 5.36. The van der Waals surface area contributed by atoms with Gasteiger partial charge in [0.15, 0.2) is 0 Å². The maximum absolute atomic E-state index is 11.9. The Morgan fingerprint density at radius 2 is 2.39 bits per heavy atom. The van der Waals surface area contributed by atoms with Crippen LogP contribution >= 0.6 is 11.3 Å². The van der Waals surface area contributed by atoms with E-state index in [0.29, 0.717) is 11.4 Å². The molecule has 1 aliphatic rings. The second-order valence-electron chi connectivity index (χ2n) is 5.62. The van der Waals surface area contributed by atoms with Crippen LogP contribution < -0.4 is 5.32 Å². The smallest absolute Gasteiger partial charge is 0.263 e. The molecule has 0 spiro atoms. The Morgan fingerprint density at radius 3 is 2.94 bits per heavy atom. The van der Waals surface area contributed by atoms with E-state index in [1.807, 2.05) is 0 Å². The van der Waals surface area contributed by atoms with Gasteiger partial charge in [-0.1, -0.05) is 20.8 Å². The minimum Gasteiger partial charge on any atom is -0.376 e. The number of hydrogen-bond acceptors (Lipinski definition) is 4. The summed E-state index contributed by atoms with van der Waals surface area (Å²) >= 11 is 1.47. The Hall–Kier alpha value is -0.940. The van der Waals surface area contributed by atoms with Crippen LogP contribution in [0.25, 0.3) is 0 Å². The summed E-state index contributed by atoms with van der Waals surface area (Å²) in [4.78, 5) is 16.9. The molecule has 1 unspecified atom stereocenters. The Kier molecular flexibility index (Phi) is 4.02. The van der Waals surface area contributed by atoms with Gasteiger partial charge in [0.05, 0.1) is 17.3 Å². The quantitative estimate of drug-likeness (QED) is 0.915. The fourth-order valence-corrected chi connectivity index (χ4v) is 2.71. The standard InChI is InChI=1S/C13H20N2O2S/c1-13(2,3)12-15-8-10(18-12)11(16)14-7-9-5-4-6-17-9/h8-9H,4-7H2,1-3H3,(H,14,16). The van der Waals surface area contributed by atoms with Crippen molar-refractivity contribution in [2.24, 2.45) is 0 Å². The molecule has 0 aliphatic carbocycles. The lowest BCUT2D eigenvalue weighted by Crippen LogP contribution is -2.31. The first-order valence-corrected chi connectivity index (χ1v) is 7.14. The van der Waals surface area contributed by atoms with Crippen molar-refractivity contribution in [3.63, 3.8) is 0 Å². The van der Waals surface area contributed by atoms with Crippen LogP contribution in [0.2, 0.25) is 0 Å². The topological polar surface area (TPSA) is 51.2 Å². The van der Waals surface area contributed by atoms with Crippen molar-refractivity contribution in [3.05, 3.63) is 16.1 Å². The maximum atomic E-state index is 11.9. The van der Waals surface area contributed by atoms with E-state index >= 15 is 0 Å². The highest BCUT2D eigenvalue weighted by Crippen LogP contribution is 2.26. The zero-order valence-corrected chi connectivity index (χ0v) is 12.0. The first kappa shape index (κ1) is 13.5. The zero-order valence-electron chi connectivity index (χ0n) is 11.2. The van der Waals surface area contributed by atoms with E-state index < -0.39 is 0 Å². The normalized spacial score (nSPS) is 20.1. The summed E-state index contributed by atoms with van der Waals surface area (Å²) in [7, 11) is 0. The molecule has 1 fully saturated rings. The summed E-state index contributed by atoms with van der Waals surface area (Å²) in [5, 5.41) is 3.90. The van der Waals surface area contributed by atoms with Crippen LogP contribution in [-0.4, -0.2) is 30.1 Å². The minimum absolute atomic E-state index is 0.00222. The summed E-state index contributed by atoms with van der Waals surface area (Å²) in [5.74, 6) is -0.0431. The van der Waals surface area contributed by atoms with Gasteiger partial charge in [-0.3, -0.25) is 4.79 Å². The number of amides is 1. The monoisotopic (exact) mass is 268 g/mol. The van der Waals surface area contributed by atoms with Gasteiger partial charge in [-0.2, -0.15) is 0 Å². The van der Waals surface area contributed by atoms with Gasteiger partial charge in [-0.15, -0.1) is 11.3 Å². The number of ether oxygens (including phenoxy) is 1. The average molecular weight is 268 g/mol. The van der Waals surface area contributed by atoms with E-state index in [-0.39, 0.29) is 17.4 Å². The molecule has 1 amide bonds. The van der Waals surface area contributed by atoms with E-state index in [9.17, 15) is 4.79 Å². The molecule has 1 saturated heterocycles. The predicted octanol–water partition coefficient (Wildman–Crippen LogP) is 2.35. The molecule has 0 saturated carbocycles. The third kappa shape index (κ3) is 3.29. The predicted molar refractivity (Wildman–Crippen MR) is 72.1 cm³/mol. The molecule has 18 heavy (non-hydrogen) atoms. The fraction of sp³-hybridized carbons (Fsp3) is 0.692. The third-order valence-corrected chi connectivity index (χ3v) is 4.31. The Balaban J connectivity index is 1.90. The molecule has 5 heteroatoms. The number of carbonyl (C=O) groups excluding carboxylic acids is 1. The Morgan fingerprint density at radius 1 is 1.61 bits per heavy atom. The first-order valence-electron chi connectivity index (χ1n) is 6.33. The van der Waals surface area contributed by atoms with Crippen molar-refractivity contribution >= 4 is 17.2 Å². The number of carbonyl (C=O) groups is 1. The summed E-state index contributed by atoms with van der Waals surface area (Å²) in [6.45, 7) is 7.70. The molecule has 2 rings (SSSR count). The SMILES string of the molecule is CC(C)(C)c1ncc(C(=O)NCC2CCCO2)s1. The van der Waals surface area contributed by atoms with Crippen LogP contribution in [-0.2, 0) is 10.2 Å². The molecule has 1 N–H and O–H groups in total. The molecule has 0 radical (unpaired) electrons. The highest BCUT2D eigenvalue weighted by Gasteiger charge is 2.21. The molecule has 4 nitrogen and oxygen atoms in total. The number of nitrogens with zero attached hydrogens (tertiary/aromatic N) is 1. The van der Waals surface area contributed by atoms with Gasteiger partial charge in [0, 0.05) is 18.6 Å². The summed E-state index contributed by atoms with van der Waals surface area (Å²) in [6.07, 6.45) is 3.98. The van der Waals surface area contributed by atoms with Crippen LogP contribution in [0, 0.1) is 0 Å². The number of nitrogens with one attached hydrogen (secondary N) is 1. The second-order valence-corrected chi connectivity index (χ2v) is 6.66. The van der Waals surface area contributed by atoms with Gasteiger partial charge in [-0.05, 0) is 12.8 Å². The van der Waals surface area contributed by atoms with E-state index in [1.54, 1.807) is 6.20 Å². The van der Waals surface area contributed by atoms with Crippen molar-refractivity contribution in [2.75, 3.05) is 13.2 Å². The van der Waals surface area contributed by atoms with Gasteiger partial charge < -0.3 is 10.1 Å². The van der Waals surface area contributed by atoms with Crippen LogP contribution in [0.15, 0.2) is 6.20 Å². The van der Waals surface area contributed by atoms with E-state index in [1.165, 1.54) is 11.3 Å². The van der Waals surface area contributed by atoms with Crippen molar-refractivity contribution in [1.82, 2.24) is 10.3 Å². The zero-order chi connectivity index (χ0) is 13.2. The van der Waals surface area contributed by atoms with Crippen LogP contribution in [0.5, 0.6) is 0 Å². The fourth-order valence-electron chi connectivity index (χ4n) is 1.82. The van der Waals surface area contributed by atoms with Crippen LogP contribution in [0.1, 0.15) is 48.3 Å². The van der Waals surface area contributed by atoms with Gasteiger partial charge in [0.2, 0.25) is 0 Å². The van der Waals surface area contributed by atoms with E-state index in [4.69, 9.17) is 4.74 Å². The van der Waals surface area contributed by atoms with Crippen LogP contribution in [0.3, 0.4) is 0 Å². The lowest BCUT2D eigenvalue weighted by Gasteiger charge is -2.13. The van der Waals surface area contributed by atoms with Gasteiger partial charge in [0.25, 0.3) is 5.91 Å². The van der Waals surface area contributed by atoms with E-state index in [0.717, 1.165) is 24.5 Å². The van der Waals surface area contributed by atoms with Crippen molar-refractivity contribution < 1.29 is 9.53 Å². The number of rotatable bonds is 3. The first-order chi connectivity index (χ1) is 8.47. The summed E-state index contributed by atoms with van der Waals surface area (Å²) in [5.41, 5.74) is -0.00222. The number of aromatic nitrogens is 1. The number of thiazole rings is 1. The lowest BCUT2D eigenvalue weighted by atomic mass is 9.98. The van der Waals surface area contributed by atoms with Crippen molar-refractivity contribution in [2.45, 2.75) is 45.1 Å². The molecular formula is C13H20N2O2S. The van der Waals surface area contributed by atoms with Gasteiger partial charge in [-0.25, -0.2) is 4.98 Å². The number of hydrogen-bond donors (Lipinski definition) is 1. The molecule has 1 aromatic rings. The molecule has 100 valence electrons. The molecule has 1 aromatic heterocycles. The van der Waals surface area contributed by atoms with Crippen LogP contribution in [0.4, 0.5) is 0 Å². The van der Waals surface area contributed by atoms with Gasteiger partial charge in [0.1, 0.15) is 4.88 Å². The Labute approximate surface area is 112 Å². The molecule has 0 aromatic carbocycles. The average Bonchev–Trinajstić information content (AvgIpc) is 2.96. The summed E-state index contributed by atoms with van der Waals surface area (Å²) in [6, 6.07) is 0. The highest BCUT2D eigenvalue weighted by molar-refractivity contribution is 7.13. The molecule has 0 bridgehead atoms. The molecule has 1 aliphatic heterocycles. The van der Waals surface area contributed by atoms with E-state index in [2.05, 4.69) is 31.1 Å².